The van der Waals surface area contributed by atoms with E-state index < -0.39 is 29.7 Å². The number of para-hydroxylation sites is 2. The summed E-state index contributed by atoms with van der Waals surface area (Å²) in [5.74, 6) is -0.0644. The van der Waals surface area contributed by atoms with Gasteiger partial charge >= 0.3 is 12.2 Å². The summed E-state index contributed by atoms with van der Waals surface area (Å²) >= 11 is 0. The number of carbonyl (C=O) groups excluding carboxylic acids is 4. The van der Waals surface area contributed by atoms with Crippen molar-refractivity contribution in [3.8, 4) is 5.75 Å². The number of unbranched alkanes of at least 4 members (excludes halogenated alkanes) is 1. The van der Waals surface area contributed by atoms with Crippen LogP contribution in [0.4, 0.5) is 26.7 Å². The number of nitrogens with one attached hydrogen (secondary N) is 4. The molecule has 11 heteroatoms. The van der Waals surface area contributed by atoms with E-state index in [0.29, 0.717) is 42.3 Å². The Morgan fingerprint density at radius 1 is 0.872 bits per heavy atom. The predicted octanol–water partition coefficient (Wildman–Crippen LogP) is 5.29. The van der Waals surface area contributed by atoms with Crippen molar-refractivity contribution < 1.29 is 33.4 Å². The highest BCUT2D eigenvalue weighted by Gasteiger charge is 2.22. The summed E-state index contributed by atoms with van der Waals surface area (Å²) in [4.78, 5) is 49.4. The lowest BCUT2D eigenvalue weighted by Gasteiger charge is -2.20. The first kappa shape index (κ1) is 30.9. The molecule has 212 valence electrons. The van der Waals surface area contributed by atoms with Gasteiger partial charge in [-0.1, -0.05) is 24.6 Å². The number of alkyl carbamates (subject to hydrolysis) is 1. The summed E-state index contributed by atoms with van der Waals surface area (Å²) in [6.45, 7) is 7.63. The second-order valence-corrected chi connectivity index (χ2v) is 9.61. The molecule has 0 aliphatic heterocycles. The maximum absolute atomic E-state index is 12.9. The van der Waals surface area contributed by atoms with Crippen molar-refractivity contribution in [3.05, 3.63) is 48.5 Å². The molecular formula is C28H38N4O7. The Balaban J connectivity index is 1.90. The van der Waals surface area contributed by atoms with Gasteiger partial charge in [-0.2, -0.15) is 0 Å². The molecule has 1 unspecified atom stereocenters. The van der Waals surface area contributed by atoms with Crippen molar-refractivity contribution in [3.63, 3.8) is 0 Å². The number of hydrogen-bond donors (Lipinski definition) is 4. The Bertz CT molecular complexity index is 1130. The van der Waals surface area contributed by atoms with E-state index in [4.69, 9.17) is 9.47 Å². The monoisotopic (exact) mass is 542 g/mol. The van der Waals surface area contributed by atoms with Crippen LogP contribution in [-0.2, 0) is 19.1 Å². The van der Waals surface area contributed by atoms with Crippen molar-refractivity contribution in [1.29, 1.82) is 0 Å². The minimum Gasteiger partial charge on any atom is -0.494 e. The van der Waals surface area contributed by atoms with Crippen LogP contribution >= 0.6 is 0 Å². The average Bonchev–Trinajstić information content (AvgIpc) is 2.86. The molecule has 4 amide bonds. The molecule has 0 radical (unpaired) electrons. The van der Waals surface area contributed by atoms with Gasteiger partial charge in [-0.15, -0.1) is 0 Å². The topological polar surface area (TPSA) is 144 Å². The van der Waals surface area contributed by atoms with Gasteiger partial charge < -0.3 is 30.2 Å². The zero-order chi connectivity index (χ0) is 28.8. The predicted molar refractivity (Wildman–Crippen MR) is 149 cm³/mol. The molecule has 0 spiro atoms. The molecule has 39 heavy (non-hydrogen) atoms. The standard InChI is InChI=1S/C28H38N4O7/c1-6-38-20-13-11-12-19(18-20)29-25(34)23(32-26(35)37-5)16-9-10-17-24(33)30-21-14-7-8-15-22(21)31-27(36)39-28(2,3)4/h7-8,11-15,18,23H,6,9-10,16-17H2,1-5H3,(H,29,34)(H,30,33)(H,31,36)(H,32,35). The molecule has 4 N–H and O–H groups in total. The Morgan fingerprint density at radius 2 is 1.56 bits per heavy atom. The smallest absolute Gasteiger partial charge is 0.412 e. The number of benzene rings is 2. The SMILES string of the molecule is CCOc1cccc(NC(=O)C(CCCCC(=O)Nc2ccccc2NC(=O)OC(C)(C)C)NC(=O)OC)c1. The van der Waals surface area contributed by atoms with Gasteiger partial charge in [0, 0.05) is 18.2 Å². The van der Waals surface area contributed by atoms with E-state index in [-0.39, 0.29) is 18.7 Å². The van der Waals surface area contributed by atoms with Crippen LogP contribution < -0.4 is 26.0 Å². The molecule has 0 heterocycles. The highest BCUT2D eigenvalue weighted by Crippen LogP contribution is 2.23. The summed E-state index contributed by atoms with van der Waals surface area (Å²) in [7, 11) is 1.22. The fourth-order valence-corrected chi connectivity index (χ4v) is 3.49. The van der Waals surface area contributed by atoms with E-state index in [0.717, 1.165) is 0 Å². The molecular weight excluding hydrogens is 504 g/mol. The summed E-state index contributed by atoms with van der Waals surface area (Å²) in [6.07, 6.45) is 0.0351. The van der Waals surface area contributed by atoms with Crippen LogP contribution in [0.3, 0.4) is 0 Å². The van der Waals surface area contributed by atoms with Crippen molar-refractivity contribution in [2.75, 3.05) is 29.7 Å². The molecule has 2 aromatic rings. The Hall–Kier alpha value is -4.28. The maximum atomic E-state index is 12.9. The normalized spacial score (nSPS) is 11.5. The number of hydrogen-bond acceptors (Lipinski definition) is 7. The maximum Gasteiger partial charge on any atom is 0.412 e. The van der Waals surface area contributed by atoms with Gasteiger partial charge in [0.1, 0.15) is 17.4 Å². The van der Waals surface area contributed by atoms with Crippen LogP contribution in [0, 0.1) is 0 Å². The van der Waals surface area contributed by atoms with Gasteiger partial charge in [-0.25, -0.2) is 9.59 Å². The number of amides is 4. The van der Waals surface area contributed by atoms with E-state index >= 15 is 0 Å². The van der Waals surface area contributed by atoms with Gasteiger partial charge in [-0.05, 0) is 64.8 Å². The summed E-state index contributed by atoms with van der Waals surface area (Å²) in [6, 6.07) is 12.9. The lowest BCUT2D eigenvalue weighted by atomic mass is 10.1. The number of anilines is 3. The molecule has 0 bridgehead atoms. The van der Waals surface area contributed by atoms with Crippen molar-refractivity contribution in [1.82, 2.24) is 5.32 Å². The third-order valence-corrected chi connectivity index (χ3v) is 5.19. The van der Waals surface area contributed by atoms with Crippen molar-refractivity contribution in [2.45, 2.75) is 65.0 Å². The van der Waals surface area contributed by atoms with Crippen LogP contribution in [0.25, 0.3) is 0 Å². The Labute approximate surface area is 229 Å². The first-order chi connectivity index (χ1) is 18.5. The van der Waals surface area contributed by atoms with Gasteiger partial charge in [0.25, 0.3) is 0 Å². The minimum atomic E-state index is -0.866. The van der Waals surface area contributed by atoms with Crippen molar-refractivity contribution in [2.24, 2.45) is 0 Å². The van der Waals surface area contributed by atoms with Gasteiger partial charge in [-0.3, -0.25) is 14.9 Å². The van der Waals surface area contributed by atoms with Gasteiger partial charge in [0.05, 0.1) is 25.1 Å². The number of carbonyl (C=O) groups is 4. The van der Waals surface area contributed by atoms with Crippen LogP contribution in [0.15, 0.2) is 48.5 Å². The zero-order valence-electron chi connectivity index (χ0n) is 23.1. The van der Waals surface area contributed by atoms with E-state index in [1.807, 2.05) is 6.92 Å². The fourth-order valence-electron chi connectivity index (χ4n) is 3.49. The molecule has 0 aliphatic carbocycles. The lowest BCUT2D eigenvalue weighted by Crippen LogP contribution is -2.43. The molecule has 0 fully saturated rings. The van der Waals surface area contributed by atoms with Crippen LogP contribution in [0.1, 0.15) is 53.4 Å². The largest absolute Gasteiger partial charge is 0.494 e. The first-order valence-corrected chi connectivity index (χ1v) is 12.8. The highest BCUT2D eigenvalue weighted by atomic mass is 16.6. The first-order valence-electron chi connectivity index (χ1n) is 12.8. The Morgan fingerprint density at radius 3 is 2.21 bits per heavy atom. The number of methoxy groups -OCH3 is 1. The zero-order valence-corrected chi connectivity index (χ0v) is 23.1. The second-order valence-electron chi connectivity index (χ2n) is 9.61. The van der Waals surface area contributed by atoms with E-state index in [2.05, 4.69) is 26.0 Å². The van der Waals surface area contributed by atoms with Crippen LogP contribution in [0.2, 0.25) is 0 Å². The Kier molecular flexibility index (Phi) is 12.1. The average molecular weight is 543 g/mol. The molecule has 0 aliphatic rings. The molecule has 0 saturated carbocycles. The quantitative estimate of drug-likeness (QED) is 0.267. The van der Waals surface area contributed by atoms with E-state index in [9.17, 15) is 19.2 Å². The molecule has 0 aromatic heterocycles. The van der Waals surface area contributed by atoms with Crippen LogP contribution in [-0.4, -0.2) is 49.4 Å². The van der Waals surface area contributed by atoms with Gasteiger partial charge in [0.15, 0.2) is 0 Å². The number of ether oxygens (including phenoxy) is 3. The molecule has 11 nitrogen and oxygen atoms in total. The van der Waals surface area contributed by atoms with Gasteiger partial charge in [0.2, 0.25) is 11.8 Å². The minimum absolute atomic E-state index is 0.170. The highest BCUT2D eigenvalue weighted by molar-refractivity contribution is 5.98. The molecule has 2 rings (SSSR count). The number of rotatable bonds is 12. The summed E-state index contributed by atoms with van der Waals surface area (Å²) in [5, 5.41) is 10.7. The van der Waals surface area contributed by atoms with E-state index in [1.54, 1.807) is 69.3 Å². The molecule has 2 aromatic carbocycles. The summed E-state index contributed by atoms with van der Waals surface area (Å²) in [5.41, 5.74) is 0.716. The third-order valence-electron chi connectivity index (χ3n) is 5.19. The van der Waals surface area contributed by atoms with E-state index in [1.165, 1.54) is 7.11 Å². The van der Waals surface area contributed by atoms with Crippen molar-refractivity contribution >= 4 is 41.1 Å². The molecule has 1 atom stereocenters. The molecule has 0 saturated heterocycles. The fraction of sp³-hybridized carbons (Fsp3) is 0.429. The second kappa shape index (κ2) is 15.2. The lowest BCUT2D eigenvalue weighted by molar-refractivity contribution is -0.118. The summed E-state index contributed by atoms with van der Waals surface area (Å²) < 4.78 is 15.4. The van der Waals surface area contributed by atoms with Crippen LogP contribution in [0.5, 0.6) is 5.75 Å². The third kappa shape index (κ3) is 11.8.